The lowest BCUT2D eigenvalue weighted by Gasteiger charge is -2.24. The Bertz CT molecular complexity index is 1100. The summed E-state index contributed by atoms with van der Waals surface area (Å²) in [6.45, 7) is 0.613. The van der Waals surface area contributed by atoms with Gasteiger partial charge in [-0.3, -0.25) is 14.7 Å². The summed E-state index contributed by atoms with van der Waals surface area (Å²) in [5, 5.41) is 11.5. The lowest BCUT2D eigenvalue weighted by Crippen LogP contribution is -2.47. The summed E-state index contributed by atoms with van der Waals surface area (Å²) in [7, 11) is -3.73. The maximum atomic E-state index is 13.3. The van der Waals surface area contributed by atoms with Crippen molar-refractivity contribution in [2.45, 2.75) is 47.5 Å². The lowest BCUT2D eigenvalue weighted by molar-refractivity contribution is -0.126. The normalized spacial score (nSPS) is 22.9. The van der Waals surface area contributed by atoms with Crippen LogP contribution < -0.4 is 5.32 Å². The second-order valence-electron chi connectivity index (χ2n) is 7.82. The minimum Gasteiger partial charge on any atom is -0.336 e. The van der Waals surface area contributed by atoms with Crippen LogP contribution in [-0.2, 0) is 21.2 Å². The van der Waals surface area contributed by atoms with E-state index < -0.39 is 26.7 Å². The molecule has 1 aliphatic heterocycles. The van der Waals surface area contributed by atoms with Crippen LogP contribution in [0.3, 0.4) is 0 Å². The van der Waals surface area contributed by atoms with Crippen LogP contribution in [0.25, 0.3) is 0 Å². The molecule has 2 atom stereocenters. The molecule has 30 heavy (non-hydrogen) atoms. The maximum Gasteiger partial charge on any atom is 0.238 e. The average molecular weight is 445 g/mol. The van der Waals surface area contributed by atoms with E-state index in [0.29, 0.717) is 19.4 Å². The maximum absolute atomic E-state index is 13.3. The number of nitriles is 1. The predicted molar refractivity (Wildman–Crippen MR) is 111 cm³/mol. The summed E-state index contributed by atoms with van der Waals surface area (Å²) in [5.41, 5.74) is 0.124. The second kappa shape index (κ2) is 7.99. The molecular weight excluding hydrogens is 424 g/mol. The Hall–Kier alpha value is -2.47. The molecule has 0 spiro atoms. The summed E-state index contributed by atoms with van der Waals surface area (Å²) in [6, 6.07) is 11.5. The Morgan fingerprint density at radius 1 is 1.27 bits per heavy atom. The van der Waals surface area contributed by atoms with Crippen molar-refractivity contribution in [3.8, 4) is 6.07 Å². The first-order valence-corrected chi connectivity index (χ1v) is 11.6. The fourth-order valence-electron chi connectivity index (χ4n) is 3.82. The highest BCUT2D eigenvalue weighted by Crippen LogP contribution is 2.36. The van der Waals surface area contributed by atoms with Crippen LogP contribution in [0.1, 0.15) is 24.8 Å². The van der Waals surface area contributed by atoms with E-state index in [0.717, 1.165) is 5.56 Å². The standard InChI is InChI=1S/C21H21ClN4O3S/c22-17-3-1-2-4-19(17)30(28,29)16-11-18(20(27)25-21(14-23)7-8-21)26(13-16)12-15-5-9-24-10-6-15/h1-6,9-10,16,18H,7-8,11-13H2,(H,25,27). The number of hydrogen-bond donors (Lipinski definition) is 1. The molecular formula is C21H21ClN4O3S. The van der Waals surface area contributed by atoms with Crippen molar-refractivity contribution in [3.05, 3.63) is 59.4 Å². The monoisotopic (exact) mass is 444 g/mol. The fourth-order valence-corrected chi connectivity index (χ4v) is 6.07. The van der Waals surface area contributed by atoms with Gasteiger partial charge in [-0.25, -0.2) is 8.42 Å². The van der Waals surface area contributed by atoms with Gasteiger partial charge in [-0.15, -0.1) is 0 Å². The van der Waals surface area contributed by atoms with Gasteiger partial charge in [-0.2, -0.15) is 5.26 Å². The van der Waals surface area contributed by atoms with E-state index in [1.165, 1.54) is 6.07 Å². The van der Waals surface area contributed by atoms with E-state index in [1.807, 2.05) is 17.0 Å². The Balaban J connectivity index is 1.61. The molecule has 1 saturated heterocycles. The number of nitrogens with one attached hydrogen (secondary N) is 1. The number of carbonyl (C=O) groups is 1. The van der Waals surface area contributed by atoms with Crippen LogP contribution in [0, 0.1) is 11.3 Å². The minimum absolute atomic E-state index is 0.0808. The molecule has 1 N–H and O–H groups in total. The van der Waals surface area contributed by atoms with Gasteiger partial charge in [0.15, 0.2) is 9.84 Å². The molecule has 0 bridgehead atoms. The Morgan fingerprint density at radius 3 is 2.60 bits per heavy atom. The Kier molecular flexibility index (Phi) is 5.53. The number of sulfone groups is 1. The number of hydrogen-bond acceptors (Lipinski definition) is 6. The lowest BCUT2D eigenvalue weighted by atomic mass is 10.1. The van der Waals surface area contributed by atoms with Crippen molar-refractivity contribution in [2.24, 2.45) is 0 Å². The molecule has 9 heteroatoms. The highest BCUT2D eigenvalue weighted by Gasteiger charge is 2.49. The fraction of sp³-hybridized carbons (Fsp3) is 0.381. The number of amides is 1. The van der Waals surface area contributed by atoms with Crippen molar-refractivity contribution in [1.82, 2.24) is 15.2 Å². The molecule has 2 aromatic rings. The van der Waals surface area contributed by atoms with E-state index in [2.05, 4.69) is 16.4 Å². The first kappa shape index (κ1) is 20.8. The van der Waals surface area contributed by atoms with Gasteiger partial charge in [0.05, 0.1) is 27.3 Å². The molecule has 156 valence electrons. The zero-order chi connectivity index (χ0) is 21.4. The van der Waals surface area contributed by atoms with Gasteiger partial charge in [0, 0.05) is 25.5 Å². The number of likely N-dealkylation sites (tertiary alicyclic amines) is 1. The molecule has 1 aromatic carbocycles. The van der Waals surface area contributed by atoms with Gasteiger partial charge in [-0.05, 0) is 49.1 Å². The molecule has 1 aromatic heterocycles. The molecule has 1 saturated carbocycles. The molecule has 2 aliphatic rings. The third-order valence-electron chi connectivity index (χ3n) is 5.71. The van der Waals surface area contributed by atoms with Gasteiger partial charge in [0.2, 0.25) is 5.91 Å². The molecule has 2 fully saturated rings. The van der Waals surface area contributed by atoms with E-state index in [1.54, 1.807) is 30.6 Å². The summed E-state index contributed by atoms with van der Waals surface area (Å²) < 4.78 is 26.5. The summed E-state index contributed by atoms with van der Waals surface area (Å²) in [6.07, 6.45) is 4.70. The molecule has 2 unspecified atom stereocenters. The van der Waals surface area contributed by atoms with Crippen LogP contribution in [0.2, 0.25) is 5.02 Å². The summed E-state index contributed by atoms with van der Waals surface area (Å²) >= 11 is 6.15. The van der Waals surface area contributed by atoms with Gasteiger partial charge in [-0.1, -0.05) is 23.7 Å². The van der Waals surface area contributed by atoms with Gasteiger partial charge in [0.1, 0.15) is 5.54 Å². The number of halogens is 1. The number of carbonyl (C=O) groups excluding carboxylic acids is 1. The zero-order valence-electron chi connectivity index (χ0n) is 16.2. The highest BCUT2D eigenvalue weighted by atomic mass is 35.5. The highest BCUT2D eigenvalue weighted by molar-refractivity contribution is 7.92. The molecule has 2 heterocycles. The van der Waals surface area contributed by atoms with Gasteiger partial charge in [0.25, 0.3) is 0 Å². The Labute approximate surface area is 180 Å². The summed E-state index contributed by atoms with van der Waals surface area (Å²) in [5.74, 6) is -0.306. The van der Waals surface area contributed by atoms with Crippen molar-refractivity contribution in [1.29, 1.82) is 5.26 Å². The first-order valence-electron chi connectivity index (χ1n) is 9.69. The quantitative estimate of drug-likeness (QED) is 0.733. The third kappa shape index (κ3) is 4.06. The number of pyridine rings is 1. The third-order valence-corrected chi connectivity index (χ3v) is 8.34. The molecule has 1 aliphatic carbocycles. The number of nitrogens with zero attached hydrogens (tertiary/aromatic N) is 3. The topological polar surface area (TPSA) is 103 Å². The van der Waals surface area contributed by atoms with Crippen molar-refractivity contribution in [2.75, 3.05) is 6.54 Å². The van der Waals surface area contributed by atoms with Crippen LogP contribution in [0.5, 0.6) is 0 Å². The van der Waals surface area contributed by atoms with Crippen molar-refractivity contribution >= 4 is 27.3 Å². The van der Waals surface area contributed by atoms with Crippen LogP contribution in [0.4, 0.5) is 0 Å². The van der Waals surface area contributed by atoms with Crippen molar-refractivity contribution < 1.29 is 13.2 Å². The SMILES string of the molecule is N#CC1(NC(=O)C2CC(S(=O)(=O)c3ccccc3Cl)CN2Cc2ccncc2)CC1. The predicted octanol–water partition coefficient (Wildman–Crippen LogP) is 2.32. The van der Waals surface area contributed by atoms with Crippen LogP contribution in [-0.4, -0.2) is 47.6 Å². The molecule has 7 nitrogen and oxygen atoms in total. The molecule has 0 radical (unpaired) electrons. The van der Waals surface area contributed by atoms with E-state index in [-0.39, 0.29) is 28.8 Å². The van der Waals surface area contributed by atoms with E-state index in [4.69, 9.17) is 11.6 Å². The largest absolute Gasteiger partial charge is 0.336 e. The van der Waals surface area contributed by atoms with Gasteiger partial charge < -0.3 is 5.32 Å². The van der Waals surface area contributed by atoms with Crippen LogP contribution >= 0.6 is 11.6 Å². The second-order valence-corrected chi connectivity index (χ2v) is 10.4. The van der Waals surface area contributed by atoms with Crippen LogP contribution in [0.15, 0.2) is 53.7 Å². The number of rotatable bonds is 6. The van der Waals surface area contributed by atoms with Crippen molar-refractivity contribution in [3.63, 3.8) is 0 Å². The smallest absolute Gasteiger partial charge is 0.238 e. The van der Waals surface area contributed by atoms with Gasteiger partial charge >= 0.3 is 0 Å². The number of aromatic nitrogens is 1. The molecule has 4 rings (SSSR count). The number of benzene rings is 1. The Morgan fingerprint density at radius 2 is 1.97 bits per heavy atom. The first-order chi connectivity index (χ1) is 14.3. The molecule has 1 amide bonds. The minimum atomic E-state index is -3.73. The summed E-state index contributed by atoms with van der Waals surface area (Å²) in [4.78, 5) is 18.9. The zero-order valence-corrected chi connectivity index (χ0v) is 17.7. The van der Waals surface area contributed by atoms with E-state index >= 15 is 0 Å². The van der Waals surface area contributed by atoms with E-state index in [9.17, 15) is 18.5 Å². The average Bonchev–Trinajstić information content (AvgIpc) is 3.37.